The SMILES string of the molecule is CCC/C=C/Cc1cccc(C)c1C(=O)Nc1cccc2cccnc12. The number of fused-ring (bicyclic) bond motifs is 1. The summed E-state index contributed by atoms with van der Waals surface area (Å²) in [5, 5.41) is 4.07. The van der Waals surface area contributed by atoms with Gasteiger partial charge in [0.05, 0.1) is 11.2 Å². The van der Waals surface area contributed by atoms with Crippen LogP contribution >= 0.6 is 0 Å². The van der Waals surface area contributed by atoms with Crippen molar-refractivity contribution < 1.29 is 4.79 Å². The average molecular weight is 344 g/mol. The number of hydrogen-bond acceptors (Lipinski definition) is 2. The van der Waals surface area contributed by atoms with Crippen LogP contribution in [0.3, 0.4) is 0 Å². The largest absolute Gasteiger partial charge is 0.320 e. The third-order valence-corrected chi connectivity index (χ3v) is 4.43. The minimum absolute atomic E-state index is 0.0832. The van der Waals surface area contributed by atoms with Crippen LogP contribution in [-0.4, -0.2) is 10.9 Å². The van der Waals surface area contributed by atoms with Gasteiger partial charge >= 0.3 is 0 Å². The molecule has 0 atom stereocenters. The van der Waals surface area contributed by atoms with Gasteiger partial charge in [0.1, 0.15) is 0 Å². The van der Waals surface area contributed by atoms with Crippen LogP contribution in [0.4, 0.5) is 5.69 Å². The molecule has 0 aliphatic rings. The lowest BCUT2D eigenvalue weighted by atomic mass is 9.98. The number of anilines is 1. The van der Waals surface area contributed by atoms with Gasteiger partial charge in [-0.05, 0) is 43.0 Å². The molecule has 3 aromatic rings. The quantitative estimate of drug-likeness (QED) is 0.583. The number of rotatable bonds is 6. The lowest BCUT2D eigenvalue weighted by Crippen LogP contribution is -2.16. The standard InChI is InChI=1S/C23H24N2O/c1-3-4-5-6-11-18-12-7-10-17(2)21(18)23(26)25-20-15-8-13-19-14-9-16-24-22(19)20/h5-10,12-16H,3-4,11H2,1-2H3,(H,25,26)/b6-5+. The molecule has 0 radical (unpaired) electrons. The van der Waals surface area contributed by atoms with Crippen molar-refractivity contribution in [1.82, 2.24) is 4.98 Å². The van der Waals surface area contributed by atoms with Crippen molar-refractivity contribution in [2.24, 2.45) is 0 Å². The first kappa shape index (κ1) is 17.9. The number of aryl methyl sites for hydroxylation is 1. The smallest absolute Gasteiger partial charge is 0.256 e. The van der Waals surface area contributed by atoms with Crippen LogP contribution < -0.4 is 5.32 Å². The normalized spacial score (nSPS) is 11.2. The average Bonchev–Trinajstić information content (AvgIpc) is 2.65. The number of aromatic nitrogens is 1. The summed E-state index contributed by atoms with van der Waals surface area (Å²) in [5.74, 6) is -0.0832. The monoisotopic (exact) mass is 344 g/mol. The highest BCUT2D eigenvalue weighted by Gasteiger charge is 2.15. The van der Waals surface area contributed by atoms with E-state index >= 15 is 0 Å². The summed E-state index contributed by atoms with van der Waals surface area (Å²) in [5.41, 5.74) is 4.33. The zero-order valence-electron chi connectivity index (χ0n) is 15.3. The van der Waals surface area contributed by atoms with Crippen molar-refractivity contribution in [3.05, 3.63) is 83.6 Å². The van der Waals surface area contributed by atoms with Crippen LogP contribution in [0.5, 0.6) is 0 Å². The molecule has 3 rings (SSSR count). The summed E-state index contributed by atoms with van der Waals surface area (Å²) >= 11 is 0. The fourth-order valence-electron chi connectivity index (χ4n) is 3.11. The molecule has 1 amide bonds. The second-order valence-corrected chi connectivity index (χ2v) is 6.41. The van der Waals surface area contributed by atoms with Crippen molar-refractivity contribution >= 4 is 22.5 Å². The van der Waals surface area contributed by atoms with Gasteiger partial charge in [-0.15, -0.1) is 0 Å². The van der Waals surface area contributed by atoms with E-state index < -0.39 is 0 Å². The van der Waals surface area contributed by atoms with Crippen LogP contribution in [0.15, 0.2) is 66.9 Å². The number of nitrogens with one attached hydrogen (secondary N) is 1. The number of nitrogens with zero attached hydrogens (tertiary/aromatic N) is 1. The lowest BCUT2D eigenvalue weighted by Gasteiger charge is -2.13. The molecule has 0 aliphatic heterocycles. The molecule has 3 heteroatoms. The molecule has 0 aliphatic carbocycles. The molecule has 3 nitrogen and oxygen atoms in total. The van der Waals surface area contributed by atoms with Crippen molar-refractivity contribution in [3.8, 4) is 0 Å². The predicted octanol–water partition coefficient (Wildman–Crippen LogP) is 5.69. The molecule has 1 N–H and O–H groups in total. The Balaban J connectivity index is 1.90. The van der Waals surface area contributed by atoms with Crippen molar-refractivity contribution in [1.29, 1.82) is 0 Å². The van der Waals surface area contributed by atoms with Gasteiger partial charge in [-0.2, -0.15) is 0 Å². The Morgan fingerprint density at radius 2 is 1.88 bits per heavy atom. The fraction of sp³-hybridized carbons (Fsp3) is 0.217. The Labute approximate surface area is 154 Å². The number of hydrogen-bond donors (Lipinski definition) is 1. The summed E-state index contributed by atoms with van der Waals surface area (Å²) in [7, 11) is 0. The number of carbonyl (C=O) groups excluding carboxylic acids is 1. The van der Waals surface area contributed by atoms with E-state index in [9.17, 15) is 4.79 Å². The number of pyridine rings is 1. The molecule has 0 unspecified atom stereocenters. The zero-order chi connectivity index (χ0) is 18.4. The minimum atomic E-state index is -0.0832. The first-order chi connectivity index (χ1) is 12.7. The molecule has 0 saturated carbocycles. The maximum atomic E-state index is 13.0. The minimum Gasteiger partial charge on any atom is -0.320 e. The van der Waals surface area contributed by atoms with Crippen LogP contribution in [0, 0.1) is 6.92 Å². The Morgan fingerprint density at radius 1 is 1.08 bits per heavy atom. The van der Waals surface area contributed by atoms with Crippen LogP contribution in [-0.2, 0) is 6.42 Å². The van der Waals surface area contributed by atoms with Crippen LogP contribution in [0.25, 0.3) is 10.9 Å². The second kappa shape index (κ2) is 8.43. The van der Waals surface area contributed by atoms with Gasteiger partial charge in [-0.3, -0.25) is 9.78 Å². The third-order valence-electron chi connectivity index (χ3n) is 4.43. The Hall–Kier alpha value is -2.94. The van der Waals surface area contributed by atoms with E-state index in [1.807, 2.05) is 55.5 Å². The summed E-state index contributed by atoms with van der Waals surface area (Å²) in [6.45, 7) is 4.14. The third kappa shape index (κ3) is 3.99. The first-order valence-electron chi connectivity index (χ1n) is 9.09. The summed E-state index contributed by atoms with van der Waals surface area (Å²) < 4.78 is 0. The van der Waals surface area contributed by atoms with Crippen molar-refractivity contribution in [3.63, 3.8) is 0 Å². The Kier molecular flexibility index (Phi) is 5.80. The van der Waals surface area contributed by atoms with Gasteiger partial charge in [0.25, 0.3) is 5.91 Å². The van der Waals surface area contributed by atoms with E-state index in [1.54, 1.807) is 6.20 Å². The molecule has 26 heavy (non-hydrogen) atoms. The summed E-state index contributed by atoms with van der Waals surface area (Å²) in [4.78, 5) is 17.4. The van der Waals surface area contributed by atoms with E-state index in [0.717, 1.165) is 52.5 Å². The number of carbonyl (C=O) groups is 1. The number of allylic oxidation sites excluding steroid dienone is 2. The number of benzene rings is 2. The molecule has 132 valence electrons. The molecule has 1 heterocycles. The van der Waals surface area contributed by atoms with Crippen molar-refractivity contribution in [2.45, 2.75) is 33.1 Å². The topological polar surface area (TPSA) is 42.0 Å². The zero-order valence-corrected chi connectivity index (χ0v) is 15.3. The van der Waals surface area contributed by atoms with Gasteiger partial charge in [-0.1, -0.05) is 61.9 Å². The van der Waals surface area contributed by atoms with Crippen LogP contribution in [0.1, 0.15) is 41.3 Å². The Bertz CT molecular complexity index is 939. The molecular weight excluding hydrogens is 320 g/mol. The second-order valence-electron chi connectivity index (χ2n) is 6.41. The highest BCUT2D eigenvalue weighted by Crippen LogP contribution is 2.23. The molecular formula is C23H24N2O. The first-order valence-corrected chi connectivity index (χ1v) is 9.09. The summed E-state index contributed by atoms with van der Waals surface area (Å²) in [6.07, 6.45) is 9.03. The lowest BCUT2D eigenvalue weighted by molar-refractivity contribution is 0.102. The highest BCUT2D eigenvalue weighted by atomic mass is 16.1. The van der Waals surface area contributed by atoms with Crippen molar-refractivity contribution in [2.75, 3.05) is 5.32 Å². The Morgan fingerprint density at radius 3 is 2.73 bits per heavy atom. The van der Waals surface area contributed by atoms with Crippen LogP contribution in [0.2, 0.25) is 0 Å². The van der Waals surface area contributed by atoms with E-state index in [1.165, 1.54) is 0 Å². The van der Waals surface area contributed by atoms with Gasteiger partial charge < -0.3 is 5.32 Å². The van der Waals surface area contributed by atoms with E-state index in [2.05, 4.69) is 29.4 Å². The molecule has 2 aromatic carbocycles. The predicted molar refractivity (Wildman–Crippen MR) is 109 cm³/mol. The molecule has 1 aromatic heterocycles. The van der Waals surface area contributed by atoms with Gasteiger partial charge in [0, 0.05) is 17.1 Å². The summed E-state index contributed by atoms with van der Waals surface area (Å²) in [6, 6.07) is 15.7. The van der Waals surface area contributed by atoms with E-state index in [-0.39, 0.29) is 5.91 Å². The molecule has 0 fully saturated rings. The van der Waals surface area contributed by atoms with Gasteiger partial charge in [0.2, 0.25) is 0 Å². The van der Waals surface area contributed by atoms with E-state index in [4.69, 9.17) is 0 Å². The maximum Gasteiger partial charge on any atom is 0.256 e. The number of unbranched alkanes of at least 4 members (excludes halogenated alkanes) is 1. The number of para-hydroxylation sites is 1. The molecule has 0 bridgehead atoms. The molecule has 0 spiro atoms. The van der Waals surface area contributed by atoms with E-state index in [0.29, 0.717) is 0 Å². The highest BCUT2D eigenvalue weighted by molar-refractivity contribution is 6.09. The number of amides is 1. The molecule has 0 saturated heterocycles. The van der Waals surface area contributed by atoms with Gasteiger partial charge in [0.15, 0.2) is 0 Å². The van der Waals surface area contributed by atoms with Gasteiger partial charge in [-0.25, -0.2) is 0 Å². The maximum absolute atomic E-state index is 13.0. The fourth-order valence-corrected chi connectivity index (χ4v) is 3.11.